The smallest absolute Gasteiger partial charge is 0.408 e. The predicted molar refractivity (Wildman–Crippen MR) is 123 cm³/mol. The summed E-state index contributed by atoms with van der Waals surface area (Å²) in [5, 5.41) is 11.8. The number of methoxy groups -OCH3 is 1. The van der Waals surface area contributed by atoms with Gasteiger partial charge in [0, 0.05) is 19.6 Å². The van der Waals surface area contributed by atoms with Crippen molar-refractivity contribution < 1.29 is 29.0 Å². The van der Waals surface area contributed by atoms with Gasteiger partial charge in [0.2, 0.25) is 0 Å². The van der Waals surface area contributed by atoms with Gasteiger partial charge in [-0.1, -0.05) is 55.5 Å². The Kier molecular flexibility index (Phi) is 7.71. The molecule has 2 amide bonds. The van der Waals surface area contributed by atoms with E-state index in [2.05, 4.69) is 17.4 Å². The second kappa shape index (κ2) is 10.5. The number of benzene rings is 2. The van der Waals surface area contributed by atoms with E-state index >= 15 is 0 Å². The summed E-state index contributed by atoms with van der Waals surface area (Å²) >= 11 is 0. The van der Waals surface area contributed by atoms with E-state index in [0.29, 0.717) is 0 Å². The number of carboxylic acids is 1. The first-order chi connectivity index (χ1) is 15.9. The molecule has 8 nitrogen and oxygen atoms in total. The molecule has 0 aliphatic heterocycles. The third kappa shape index (κ3) is 5.01. The minimum absolute atomic E-state index is 0.105. The van der Waals surface area contributed by atoms with Crippen molar-refractivity contribution in [2.45, 2.75) is 31.7 Å². The third-order valence-electron chi connectivity index (χ3n) is 6.08. The largest absolute Gasteiger partial charge is 0.480 e. The van der Waals surface area contributed by atoms with E-state index < -0.39 is 30.1 Å². The van der Waals surface area contributed by atoms with Crippen molar-refractivity contribution in [3.8, 4) is 11.1 Å². The van der Waals surface area contributed by atoms with Crippen LogP contribution < -0.4 is 5.32 Å². The van der Waals surface area contributed by atoms with Crippen LogP contribution in [-0.2, 0) is 19.1 Å². The molecule has 2 aromatic carbocycles. The molecule has 0 bridgehead atoms. The van der Waals surface area contributed by atoms with Gasteiger partial charge in [-0.3, -0.25) is 9.59 Å². The second-order valence-corrected chi connectivity index (χ2v) is 8.03. The van der Waals surface area contributed by atoms with Gasteiger partial charge < -0.3 is 24.8 Å². The van der Waals surface area contributed by atoms with Gasteiger partial charge in [-0.05, 0) is 35.6 Å². The lowest BCUT2D eigenvalue weighted by atomic mass is 9.95. The molecule has 1 aliphatic rings. The summed E-state index contributed by atoms with van der Waals surface area (Å²) in [5.41, 5.74) is 2.97. The number of nitrogens with zero attached hydrogens (tertiary/aromatic N) is 1. The SMILES string of the molecule is CCN(CC(=O)O)C(=O)C(CC)(COC)NC(=O)OCC1c2ccccc2-c2ccccc21. The highest BCUT2D eigenvalue weighted by molar-refractivity contribution is 5.92. The first-order valence-corrected chi connectivity index (χ1v) is 11.0. The molecule has 0 saturated carbocycles. The number of fused-ring (bicyclic) bond motifs is 3. The van der Waals surface area contributed by atoms with E-state index in [4.69, 9.17) is 14.6 Å². The van der Waals surface area contributed by atoms with E-state index in [0.717, 1.165) is 22.3 Å². The van der Waals surface area contributed by atoms with Crippen molar-refractivity contribution in [1.82, 2.24) is 10.2 Å². The summed E-state index contributed by atoms with van der Waals surface area (Å²) in [7, 11) is 1.42. The zero-order valence-corrected chi connectivity index (χ0v) is 19.2. The van der Waals surface area contributed by atoms with Crippen molar-refractivity contribution in [3.63, 3.8) is 0 Å². The van der Waals surface area contributed by atoms with Gasteiger partial charge in [0.1, 0.15) is 18.7 Å². The molecule has 1 unspecified atom stereocenters. The average Bonchev–Trinajstić information content (AvgIpc) is 3.14. The third-order valence-corrected chi connectivity index (χ3v) is 6.08. The van der Waals surface area contributed by atoms with Gasteiger partial charge in [-0.2, -0.15) is 0 Å². The maximum atomic E-state index is 13.2. The van der Waals surface area contributed by atoms with Crippen LogP contribution in [0, 0.1) is 0 Å². The summed E-state index contributed by atoms with van der Waals surface area (Å²) < 4.78 is 10.8. The Bertz CT molecular complexity index is 978. The van der Waals surface area contributed by atoms with E-state index in [9.17, 15) is 14.4 Å². The number of ether oxygens (including phenoxy) is 2. The summed E-state index contributed by atoms with van der Waals surface area (Å²) in [5.74, 6) is -1.77. The fourth-order valence-electron chi connectivity index (χ4n) is 4.36. The lowest BCUT2D eigenvalue weighted by Crippen LogP contribution is -2.62. The fraction of sp³-hybridized carbons (Fsp3) is 0.400. The molecule has 0 saturated heterocycles. The molecule has 176 valence electrons. The van der Waals surface area contributed by atoms with Gasteiger partial charge in [-0.25, -0.2) is 4.79 Å². The number of hydrogen-bond donors (Lipinski definition) is 2. The Balaban J connectivity index is 1.76. The molecule has 33 heavy (non-hydrogen) atoms. The normalized spacial score (nSPS) is 14.0. The molecule has 2 N–H and O–H groups in total. The number of aliphatic carboxylic acids is 1. The van der Waals surface area contributed by atoms with Crippen LogP contribution in [0.5, 0.6) is 0 Å². The Hall–Kier alpha value is -3.39. The van der Waals surface area contributed by atoms with Gasteiger partial charge in [0.05, 0.1) is 6.61 Å². The maximum absolute atomic E-state index is 13.2. The highest BCUT2D eigenvalue weighted by atomic mass is 16.5. The van der Waals surface area contributed by atoms with Crippen LogP contribution in [0.15, 0.2) is 48.5 Å². The van der Waals surface area contributed by atoms with Crippen molar-refractivity contribution >= 4 is 18.0 Å². The predicted octanol–water partition coefficient (Wildman–Crippen LogP) is 3.25. The fourth-order valence-corrected chi connectivity index (χ4v) is 4.36. The highest BCUT2D eigenvalue weighted by Gasteiger charge is 2.42. The first kappa shape index (κ1) is 24.3. The zero-order chi connectivity index (χ0) is 24.0. The van der Waals surface area contributed by atoms with Crippen LogP contribution >= 0.6 is 0 Å². The molecule has 3 rings (SSSR count). The maximum Gasteiger partial charge on any atom is 0.408 e. The van der Waals surface area contributed by atoms with E-state index in [1.54, 1.807) is 13.8 Å². The van der Waals surface area contributed by atoms with Crippen LogP contribution in [0.1, 0.15) is 37.3 Å². The van der Waals surface area contributed by atoms with Crippen molar-refractivity contribution in [3.05, 3.63) is 59.7 Å². The minimum Gasteiger partial charge on any atom is -0.480 e. The van der Waals surface area contributed by atoms with Crippen LogP contribution in [0.4, 0.5) is 4.79 Å². The molecule has 0 radical (unpaired) electrons. The van der Waals surface area contributed by atoms with Crippen molar-refractivity contribution in [1.29, 1.82) is 0 Å². The molecule has 2 aromatic rings. The molecule has 1 atom stereocenters. The van der Waals surface area contributed by atoms with Crippen LogP contribution in [0.3, 0.4) is 0 Å². The number of carbonyl (C=O) groups is 3. The molecular weight excluding hydrogens is 424 g/mol. The summed E-state index contributed by atoms with van der Waals surface area (Å²) in [4.78, 5) is 38.4. The molecule has 0 fully saturated rings. The lowest BCUT2D eigenvalue weighted by molar-refractivity contribution is -0.148. The Morgan fingerprint density at radius 3 is 2.09 bits per heavy atom. The zero-order valence-electron chi connectivity index (χ0n) is 19.2. The van der Waals surface area contributed by atoms with Crippen molar-refractivity contribution in [2.75, 3.05) is 33.4 Å². The molecule has 1 aliphatic carbocycles. The van der Waals surface area contributed by atoms with Gasteiger partial charge in [0.15, 0.2) is 0 Å². The quantitative estimate of drug-likeness (QED) is 0.571. The topological polar surface area (TPSA) is 105 Å². The monoisotopic (exact) mass is 454 g/mol. The van der Waals surface area contributed by atoms with E-state index in [1.807, 2.05) is 36.4 Å². The van der Waals surface area contributed by atoms with Crippen LogP contribution in [-0.4, -0.2) is 66.9 Å². The lowest BCUT2D eigenvalue weighted by Gasteiger charge is -2.35. The number of rotatable bonds is 10. The Morgan fingerprint density at radius 1 is 1.03 bits per heavy atom. The minimum atomic E-state index is -1.43. The number of hydrogen-bond acceptors (Lipinski definition) is 5. The first-order valence-electron chi connectivity index (χ1n) is 11.0. The van der Waals surface area contributed by atoms with E-state index in [1.165, 1.54) is 12.0 Å². The molecule has 0 heterocycles. The summed E-state index contributed by atoms with van der Waals surface area (Å²) in [6.45, 7) is 3.13. The molecular formula is C25H30N2O6. The number of carboxylic acid groups (broad SMARTS) is 1. The summed E-state index contributed by atoms with van der Waals surface area (Å²) in [6, 6.07) is 16.0. The van der Waals surface area contributed by atoms with Crippen molar-refractivity contribution in [2.24, 2.45) is 0 Å². The molecule has 8 heteroatoms. The molecule has 0 spiro atoms. The second-order valence-electron chi connectivity index (χ2n) is 8.03. The average molecular weight is 455 g/mol. The number of nitrogens with one attached hydrogen (secondary N) is 1. The Morgan fingerprint density at radius 2 is 1.61 bits per heavy atom. The number of alkyl carbamates (subject to hydrolysis) is 1. The molecule has 0 aromatic heterocycles. The van der Waals surface area contributed by atoms with Crippen LogP contribution in [0.25, 0.3) is 11.1 Å². The van der Waals surface area contributed by atoms with Crippen LogP contribution in [0.2, 0.25) is 0 Å². The number of amides is 2. The standard InChI is InChI=1S/C25H30N2O6/c1-4-25(16-32-3,23(30)27(5-2)14-22(28)29)26-24(31)33-15-21-19-12-8-6-10-17(19)18-11-7-9-13-20(18)21/h6-13,21H,4-5,14-16H2,1-3H3,(H,26,31)(H,28,29). The summed E-state index contributed by atoms with van der Waals surface area (Å²) in [6.07, 6.45) is -0.546. The van der Waals surface area contributed by atoms with Gasteiger partial charge in [0.25, 0.3) is 5.91 Å². The van der Waals surface area contributed by atoms with Gasteiger partial charge in [-0.15, -0.1) is 0 Å². The number of likely N-dealkylation sites (N-methyl/N-ethyl adjacent to an activating group) is 1. The van der Waals surface area contributed by atoms with E-state index in [-0.39, 0.29) is 32.1 Å². The van der Waals surface area contributed by atoms with Gasteiger partial charge >= 0.3 is 12.1 Å². The Labute approximate surface area is 193 Å². The highest BCUT2D eigenvalue weighted by Crippen LogP contribution is 2.44. The number of carbonyl (C=O) groups excluding carboxylic acids is 2.